The topological polar surface area (TPSA) is 98.1 Å². The van der Waals surface area contributed by atoms with E-state index in [4.69, 9.17) is 9.72 Å². The van der Waals surface area contributed by atoms with Gasteiger partial charge in [0, 0.05) is 37.2 Å². The Bertz CT molecular complexity index is 1370. The highest BCUT2D eigenvalue weighted by Crippen LogP contribution is 2.40. The Morgan fingerprint density at radius 2 is 1.84 bits per heavy atom. The Kier molecular flexibility index (Phi) is 6.42. The largest absolute Gasteiger partial charge is 0.378 e. The highest BCUT2D eigenvalue weighted by atomic mass is 19.1. The molecule has 1 aliphatic carbocycles. The highest BCUT2D eigenvalue weighted by molar-refractivity contribution is 5.93. The molecule has 188 valence electrons. The minimum Gasteiger partial charge on any atom is -0.378 e. The van der Waals surface area contributed by atoms with Crippen molar-refractivity contribution < 1.29 is 13.9 Å². The maximum Gasteiger partial charge on any atom is 0.272 e. The summed E-state index contributed by atoms with van der Waals surface area (Å²) in [6.45, 7) is 2.63. The Morgan fingerprint density at radius 1 is 1.05 bits per heavy atom. The third kappa shape index (κ3) is 5.25. The average Bonchev–Trinajstić information content (AvgIpc) is 3.51. The van der Waals surface area contributed by atoms with Gasteiger partial charge < -0.3 is 15.0 Å². The monoisotopic (exact) mass is 499 g/mol. The molecule has 2 aromatic heterocycles. The van der Waals surface area contributed by atoms with Crippen LogP contribution in [0, 0.1) is 5.82 Å². The van der Waals surface area contributed by atoms with Gasteiger partial charge in [0.25, 0.3) is 5.91 Å². The van der Waals surface area contributed by atoms with Crippen molar-refractivity contribution in [2.75, 3.05) is 26.3 Å². The summed E-state index contributed by atoms with van der Waals surface area (Å²) in [6, 6.07) is 16.4. The lowest BCUT2D eigenvalue weighted by molar-refractivity contribution is 0.0299. The fraction of sp³-hybridized carbons (Fsp3) is 0.296. The predicted molar refractivity (Wildman–Crippen MR) is 133 cm³/mol. The number of carbonyl (C=O) groups is 1. The summed E-state index contributed by atoms with van der Waals surface area (Å²) < 4.78 is 20.3. The smallest absolute Gasteiger partial charge is 0.272 e. The zero-order chi connectivity index (χ0) is 25.2. The SMILES string of the molecule is O=C(c1cc(CN[C@@H]2C[C@H]2c2ccc(F)cc2)nc(-c2ccc(-n3ccnn3)cc2)n1)N1CCOCC1. The van der Waals surface area contributed by atoms with Crippen molar-refractivity contribution in [3.8, 4) is 17.1 Å². The Hall–Kier alpha value is -4.02. The number of hydrogen-bond donors (Lipinski definition) is 1. The van der Waals surface area contributed by atoms with Crippen LogP contribution >= 0.6 is 0 Å². The number of carbonyl (C=O) groups excluding carboxylic acids is 1. The summed E-state index contributed by atoms with van der Waals surface area (Å²) >= 11 is 0. The number of ether oxygens (including phenoxy) is 1. The summed E-state index contributed by atoms with van der Waals surface area (Å²) in [6.07, 6.45) is 4.37. The van der Waals surface area contributed by atoms with Gasteiger partial charge in [0.2, 0.25) is 0 Å². The molecule has 10 heteroatoms. The summed E-state index contributed by atoms with van der Waals surface area (Å²) in [5.74, 6) is 0.491. The number of morpholine rings is 1. The highest BCUT2D eigenvalue weighted by Gasteiger charge is 2.37. The van der Waals surface area contributed by atoms with Crippen LogP contribution in [0.2, 0.25) is 0 Å². The molecule has 2 fully saturated rings. The molecule has 1 N–H and O–H groups in total. The molecule has 1 amide bonds. The van der Waals surface area contributed by atoms with Crippen LogP contribution in [0.4, 0.5) is 4.39 Å². The maximum absolute atomic E-state index is 13.3. The van der Waals surface area contributed by atoms with E-state index in [1.54, 1.807) is 28.0 Å². The van der Waals surface area contributed by atoms with Crippen LogP contribution in [-0.2, 0) is 11.3 Å². The second-order valence-corrected chi connectivity index (χ2v) is 9.25. The van der Waals surface area contributed by atoms with Crippen molar-refractivity contribution >= 4 is 5.91 Å². The van der Waals surface area contributed by atoms with Crippen LogP contribution in [0.3, 0.4) is 0 Å². The summed E-state index contributed by atoms with van der Waals surface area (Å²) in [4.78, 5) is 24.5. The fourth-order valence-corrected chi connectivity index (χ4v) is 4.60. The van der Waals surface area contributed by atoms with E-state index >= 15 is 0 Å². The van der Waals surface area contributed by atoms with Crippen molar-refractivity contribution in [2.24, 2.45) is 0 Å². The molecule has 9 nitrogen and oxygen atoms in total. The van der Waals surface area contributed by atoms with Gasteiger partial charge in [-0.05, 0) is 54.4 Å². The number of amides is 1. The summed E-state index contributed by atoms with van der Waals surface area (Å²) in [5.41, 5.74) is 3.90. The minimum absolute atomic E-state index is 0.122. The van der Waals surface area contributed by atoms with E-state index in [9.17, 15) is 9.18 Å². The number of hydrogen-bond acceptors (Lipinski definition) is 7. The van der Waals surface area contributed by atoms with Gasteiger partial charge in [-0.3, -0.25) is 4.79 Å². The second kappa shape index (κ2) is 10.2. The number of aromatic nitrogens is 5. The van der Waals surface area contributed by atoms with Gasteiger partial charge >= 0.3 is 0 Å². The standard InChI is InChI=1S/C27H26FN7O2/c28-20-5-1-18(2-6-20)23-16-24(23)29-17-21-15-25(27(36)34-11-13-37-14-12-34)32-26(31-21)19-3-7-22(8-4-19)35-10-9-30-33-35/h1-10,15,23-24,29H,11-14,16-17H2/t23-,24+/m0/s1. The summed E-state index contributed by atoms with van der Waals surface area (Å²) in [5, 5.41) is 11.4. The van der Waals surface area contributed by atoms with Crippen molar-refractivity contribution in [1.29, 1.82) is 0 Å². The van der Waals surface area contributed by atoms with Crippen molar-refractivity contribution in [3.63, 3.8) is 0 Å². The van der Waals surface area contributed by atoms with E-state index in [1.807, 2.05) is 36.4 Å². The van der Waals surface area contributed by atoms with Gasteiger partial charge in [-0.15, -0.1) is 5.10 Å². The molecule has 2 aliphatic rings. The first-order valence-electron chi connectivity index (χ1n) is 12.3. The van der Waals surface area contributed by atoms with E-state index in [2.05, 4.69) is 20.6 Å². The zero-order valence-electron chi connectivity index (χ0n) is 20.1. The van der Waals surface area contributed by atoms with Crippen LogP contribution in [0.5, 0.6) is 0 Å². The number of nitrogens with zero attached hydrogens (tertiary/aromatic N) is 6. The Balaban J connectivity index is 1.23. The Morgan fingerprint density at radius 3 is 2.57 bits per heavy atom. The number of halogens is 1. The van der Waals surface area contributed by atoms with Crippen molar-refractivity contribution in [2.45, 2.75) is 24.9 Å². The first kappa shape index (κ1) is 23.4. The zero-order valence-corrected chi connectivity index (χ0v) is 20.1. The van der Waals surface area contributed by atoms with Gasteiger partial charge in [0.1, 0.15) is 11.5 Å². The molecule has 0 unspecified atom stereocenters. The minimum atomic E-state index is -0.228. The number of nitrogens with one attached hydrogen (secondary N) is 1. The molecule has 4 aromatic rings. The van der Waals surface area contributed by atoms with Crippen LogP contribution in [-0.4, -0.2) is 68.1 Å². The van der Waals surface area contributed by atoms with E-state index < -0.39 is 0 Å². The van der Waals surface area contributed by atoms with Crippen LogP contribution < -0.4 is 5.32 Å². The number of rotatable bonds is 7. The van der Waals surface area contributed by atoms with Crippen LogP contribution in [0.1, 0.15) is 34.1 Å². The molecule has 1 saturated heterocycles. The van der Waals surface area contributed by atoms with Gasteiger partial charge in [-0.1, -0.05) is 17.3 Å². The molecule has 3 heterocycles. The van der Waals surface area contributed by atoms with E-state index in [0.29, 0.717) is 50.3 Å². The molecule has 1 saturated carbocycles. The molecule has 2 atom stereocenters. The first-order valence-corrected chi connectivity index (χ1v) is 12.3. The number of benzene rings is 2. The third-order valence-electron chi connectivity index (χ3n) is 6.74. The average molecular weight is 500 g/mol. The molecule has 0 bridgehead atoms. The molecular weight excluding hydrogens is 473 g/mol. The van der Waals surface area contributed by atoms with Gasteiger partial charge in [0.05, 0.1) is 37.0 Å². The lowest BCUT2D eigenvalue weighted by Crippen LogP contribution is -2.41. The van der Waals surface area contributed by atoms with Crippen LogP contribution in [0.25, 0.3) is 17.1 Å². The van der Waals surface area contributed by atoms with E-state index in [0.717, 1.165) is 28.9 Å². The van der Waals surface area contributed by atoms with E-state index in [-0.39, 0.29) is 17.8 Å². The van der Waals surface area contributed by atoms with Gasteiger partial charge in [-0.2, -0.15) is 0 Å². The molecular formula is C27H26FN7O2. The lowest BCUT2D eigenvalue weighted by atomic mass is 10.1. The quantitative estimate of drug-likeness (QED) is 0.418. The molecule has 37 heavy (non-hydrogen) atoms. The maximum atomic E-state index is 13.3. The molecule has 0 spiro atoms. The molecule has 1 aliphatic heterocycles. The van der Waals surface area contributed by atoms with Gasteiger partial charge in [-0.25, -0.2) is 19.0 Å². The van der Waals surface area contributed by atoms with E-state index in [1.165, 1.54) is 12.1 Å². The fourth-order valence-electron chi connectivity index (χ4n) is 4.60. The van der Waals surface area contributed by atoms with Crippen molar-refractivity contribution in [1.82, 2.24) is 35.2 Å². The molecule has 0 radical (unpaired) electrons. The Labute approximate surface area is 213 Å². The normalized spacial score (nSPS) is 19.1. The third-order valence-corrected chi connectivity index (χ3v) is 6.74. The lowest BCUT2D eigenvalue weighted by Gasteiger charge is -2.26. The summed E-state index contributed by atoms with van der Waals surface area (Å²) in [7, 11) is 0. The first-order chi connectivity index (χ1) is 18.1. The molecule has 6 rings (SSSR count). The second-order valence-electron chi connectivity index (χ2n) is 9.25. The van der Waals surface area contributed by atoms with Crippen molar-refractivity contribution in [3.05, 3.63) is 89.8 Å². The van der Waals surface area contributed by atoms with Crippen LogP contribution in [0.15, 0.2) is 67.0 Å². The predicted octanol–water partition coefficient (Wildman–Crippen LogP) is 2.98. The van der Waals surface area contributed by atoms with Gasteiger partial charge in [0.15, 0.2) is 5.82 Å². The molecule has 2 aromatic carbocycles.